The standard InChI is InChI=1S/C16H19BCl2N2O4/c1-2-16(23)21(12-5-6-12)9-15(22)20-14(17(24)25)7-10-3-4-11(18)8-13(10)19/h2-4,8,12,14,24-25H,1,5-7,9H2,(H,20,22)/t14-/m0/s1. The molecule has 1 aliphatic rings. The molecule has 0 heterocycles. The van der Waals surface area contributed by atoms with Crippen LogP contribution in [0.5, 0.6) is 0 Å². The Hall–Kier alpha value is -1.54. The van der Waals surface area contributed by atoms with Gasteiger partial charge in [0.05, 0.1) is 5.94 Å². The third-order valence-electron chi connectivity index (χ3n) is 3.92. The highest BCUT2D eigenvalue weighted by Crippen LogP contribution is 2.27. The maximum Gasteiger partial charge on any atom is 0.475 e. The predicted molar refractivity (Wildman–Crippen MR) is 97.2 cm³/mol. The van der Waals surface area contributed by atoms with Crippen molar-refractivity contribution in [3.8, 4) is 0 Å². The summed E-state index contributed by atoms with van der Waals surface area (Å²) in [5, 5.41) is 22.5. The lowest BCUT2D eigenvalue weighted by Gasteiger charge is -2.23. The number of amides is 2. The smallest absolute Gasteiger partial charge is 0.426 e. The van der Waals surface area contributed by atoms with Crippen LogP contribution in [0.15, 0.2) is 30.9 Å². The number of hydrogen-bond donors (Lipinski definition) is 3. The number of nitrogens with one attached hydrogen (secondary N) is 1. The molecule has 0 saturated heterocycles. The summed E-state index contributed by atoms with van der Waals surface area (Å²) in [4.78, 5) is 25.5. The van der Waals surface area contributed by atoms with Gasteiger partial charge >= 0.3 is 7.12 Å². The van der Waals surface area contributed by atoms with Gasteiger partial charge in [-0.25, -0.2) is 0 Å². The Balaban J connectivity index is 2.01. The van der Waals surface area contributed by atoms with Crippen LogP contribution in [0.1, 0.15) is 18.4 Å². The zero-order chi connectivity index (χ0) is 18.6. The van der Waals surface area contributed by atoms with E-state index in [2.05, 4.69) is 11.9 Å². The van der Waals surface area contributed by atoms with E-state index in [9.17, 15) is 19.6 Å². The maximum atomic E-state index is 12.2. The summed E-state index contributed by atoms with van der Waals surface area (Å²) in [6.45, 7) is 3.27. The molecule has 1 aliphatic carbocycles. The summed E-state index contributed by atoms with van der Waals surface area (Å²) < 4.78 is 0. The topological polar surface area (TPSA) is 89.9 Å². The molecule has 0 spiro atoms. The molecule has 0 aliphatic heterocycles. The minimum absolute atomic E-state index is 0.0412. The van der Waals surface area contributed by atoms with Gasteiger partial charge in [0.1, 0.15) is 6.54 Å². The second-order valence-electron chi connectivity index (χ2n) is 5.93. The number of hydrogen-bond acceptors (Lipinski definition) is 4. The molecular weight excluding hydrogens is 366 g/mol. The van der Waals surface area contributed by atoms with Crippen LogP contribution in [0, 0.1) is 0 Å². The summed E-state index contributed by atoms with van der Waals surface area (Å²) in [6.07, 6.45) is 2.97. The Morgan fingerprint density at radius 1 is 1.40 bits per heavy atom. The van der Waals surface area contributed by atoms with Crippen molar-refractivity contribution in [1.82, 2.24) is 10.2 Å². The van der Waals surface area contributed by atoms with Crippen molar-refractivity contribution in [3.05, 3.63) is 46.5 Å². The molecule has 6 nitrogen and oxygen atoms in total. The molecule has 1 aromatic carbocycles. The molecule has 1 aromatic rings. The van der Waals surface area contributed by atoms with Gasteiger partial charge in [-0.1, -0.05) is 35.8 Å². The number of nitrogens with zero attached hydrogens (tertiary/aromatic N) is 1. The van der Waals surface area contributed by atoms with Gasteiger partial charge in [0.2, 0.25) is 11.8 Å². The van der Waals surface area contributed by atoms with E-state index in [-0.39, 0.29) is 24.9 Å². The first-order valence-electron chi connectivity index (χ1n) is 7.84. The lowest BCUT2D eigenvalue weighted by molar-refractivity contribution is -0.133. The van der Waals surface area contributed by atoms with Gasteiger partial charge in [-0.05, 0) is 43.0 Å². The molecule has 0 unspecified atom stereocenters. The van der Waals surface area contributed by atoms with E-state index in [0.717, 1.165) is 18.9 Å². The Labute approximate surface area is 156 Å². The summed E-state index contributed by atoms with van der Waals surface area (Å²) in [6, 6.07) is 4.87. The number of carbonyl (C=O) groups excluding carboxylic acids is 2. The average molecular weight is 385 g/mol. The van der Waals surface area contributed by atoms with Crippen LogP contribution < -0.4 is 5.32 Å². The van der Waals surface area contributed by atoms with E-state index in [4.69, 9.17) is 23.2 Å². The lowest BCUT2D eigenvalue weighted by atomic mass is 9.76. The van der Waals surface area contributed by atoms with Crippen LogP contribution in [-0.4, -0.2) is 52.4 Å². The third-order valence-corrected chi connectivity index (χ3v) is 4.51. The first-order valence-corrected chi connectivity index (χ1v) is 8.60. The van der Waals surface area contributed by atoms with E-state index in [1.54, 1.807) is 18.2 Å². The summed E-state index contributed by atoms with van der Waals surface area (Å²) in [7, 11) is -1.78. The van der Waals surface area contributed by atoms with Gasteiger partial charge in [0, 0.05) is 16.1 Å². The normalized spacial score (nSPS) is 14.6. The monoisotopic (exact) mass is 384 g/mol. The first kappa shape index (κ1) is 19.8. The van der Waals surface area contributed by atoms with Crippen LogP contribution in [0.4, 0.5) is 0 Å². The zero-order valence-electron chi connectivity index (χ0n) is 13.5. The predicted octanol–water partition coefficient (Wildman–Crippen LogP) is 1.21. The van der Waals surface area contributed by atoms with E-state index in [0.29, 0.717) is 15.6 Å². The Morgan fingerprint density at radius 2 is 2.08 bits per heavy atom. The second-order valence-corrected chi connectivity index (χ2v) is 6.77. The zero-order valence-corrected chi connectivity index (χ0v) is 15.0. The Morgan fingerprint density at radius 3 is 2.60 bits per heavy atom. The fourth-order valence-electron chi connectivity index (χ4n) is 2.45. The van der Waals surface area contributed by atoms with E-state index in [1.165, 1.54) is 4.90 Å². The van der Waals surface area contributed by atoms with E-state index in [1.807, 2.05) is 0 Å². The van der Waals surface area contributed by atoms with Crippen molar-refractivity contribution in [3.63, 3.8) is 0 Å². The summed E-state index contributed by atoms with van der Waals surface area (Å²) in [5.74, 6) is -1.77. The minimum Gasteiger partial charge on any atom is -0.426 e. The highest BCUT2D eigenvalue weighted by molar-refractivity contribution is 6.43. The molecule has 0 radical (unpaired) electrons. The van der Waals surface area contributed by atoms with Crippen LogP contribution in [-0.2, 0) is 16.0 Å². The average Bonchev–Trinajstić information content (AvgIpc) is 3.38. The highest BCUT2D eigenvalue weighted by Gasteiger charge is 2.34. The Kier molecular flexibility index (Phi) is 6.90. The van der Waals surface area contributed by atoms with Gasteiger partial charge in [-0.15, -0.1) is 0 Å². The van der Waals surface area contributed by atoms with Crippen LogP contribution in [0.2, 0.25) is 10.0 Å². The molecule has 2 rings (SSSR count). The van der Waals surface area contributed by atoms with E-state index < -0.39 is 19.0 Å². The molecule has 1 saturated carbocycles. The fraction of sp³-hybridized carbons (Fsp3) is 0.375. The fourth-order valence-corrected chi connectivity index (χ4v) is 2.94. The molecule has 2 amide bonds. The van der Waals surface area contributed by atoms with Crippen LogP contribution >= 0.6 is 23.2 Å². The number of halogens is 2. The molecule has 9 heteroatoms. The van der Waals surface area contributed by atoms with Crippen molar-refractivity contribution in [2.45, 2.75) is 31.2 Å². The lowest BCUT2D eigenvalue weighted by Crippen LogP contribution is -2.51. The number of carbonyl (C=O) groups is 2. The quantitative estimate of drug-likeness (QED) is 0.464. The highest BCUT2D eigenvalue weighted by atomic mass is 35.5. The minimum atomic E-state index is -1.78. The summed E-state index contributed by atoms with van der Waals surface area (Å²) in [5.41, 5.74) is 0.616. The molecule has 0 bridgehead atoms. The molecule has 0 aromatic heterocycles. The van der Waals surface area contributed by atoms with Gasteiger partial charge < -0.3 is 20.3 Å². The third kappa shape index (κ3) is 5.75. The van der Waals surface area contributed by atoms with Crippen LogP contribution in [0.25, 0.3) is 0 Å². The van der Waals surface area contributed by atoms with E-state index >= 15 is 0 Å². The van der Waals surface area contributed by atoms with Gasteiger partial charge in [0.25, 0.3) is 0 Å². The van der Waals surface area contributed by atoms with Gasteiger partial charge in [-0.2, -0.15) is 0 Å². The van der Waals surface area contributed by atoms with Crippen molar-refractivity contribution in [1.29, 1.82) is 0 Å². The second kappa shape index (κ2) is 8.71. The molecule has 3 N–H and O–H groups in total. The number of rotatable bonds is 8. The molecule has 134 valence electrons. The van der Waals surface area contributed by atoms with Crippen LogP contribution in [0.3, 0.4) is 0 Å². The van der Waals surface area contributed by atoms with Crippen molar-refractivity contribution < 1.29 is 19.6 Å². The molecular formula is C16H19BCl2N2O4. The molecule has 1 fully saturated rings. The summed E-state index contributed by atoms with van der Waals surface area (Å²) >= 11 is 11.9. The maximum absolute atomic E-state index is 12.2. The Bertz CT molecular complexity index is 668. The molecule has 25 heavy (non-hydrogen) atoms. The van der Waals surface area contributed by atoms with Crippen molar-refractivity contribution in [2.75, 3.05) is 6.54 Å². The SMILES string of the molecule is C=CC(=O)N(CC(=O)N[C@@H](Cc1ccc(Cl)cc1Cl)B(O)O)C1CC1. The first-order chi connectivity index (χ1) is 11.8. The van der Waals surface area contributed by atoms with Crippen molar-refractivity contribution in [2.24, 2.45) is 0 Å². The molecule has 1 atom stereocenters. The largest absolute Gasteiger partial charge is 0.475 e. The number of benzene rings is 1. The van der Waals surface area contributed by atoms with Gasteiger partial charge in [-0.3, -0.25) is 9.59 Å². The van der Waals surface area contributed by atoms with Crippen molar-refractivity contribution >= 4 is 42.1 Å². The van der Waals surface area contributed by atoms with Gasteiger partial charge in [0.15, 0.2) is 0 Å².